The van der Waals surface area contributed by atoms with Crippen molar-refractivity contribution in [2.24, 2.45) is 0 Å². The van der Waals surface area contributed by atoms with Gasteiger partial charge in [-0.3, -0.25) is 9.69 Å². The van der Waals surface area contributed by atoms with Gasteiger partial charge in [-0.1, -0.05) is 17.8 Å². The van der Waals surface area contributed by atoms with Crippen molar-refractivity contribution in [1.29, 1.82) is 0 Å². The standard InChI is InChI=1S/C19H22N4O3S/c1-14(27-19-20-5-2-6-21-19)18(24)23-9-7-22(8-10-23)12-15-3-4-16-17(11-15)26-13-25-16/h2-6,11,14H,7-10,12-13H2,1H3. The second kappa shape index (κ2) is 8.14. The van der Waals surface area contributed by atoms with Crippen molar-refractivity contribution in [3.8, 4) is 11.5 Å². The number of piperazine rings is 1. The number of amides is 1. The van der Waals surface area contributed by atoms with Crippen LogP contribution in [-0.4, -0.2) is 63.9 Å². The predicted molar refractivity (Wildman–Crippen MR) is 102 cm³/mol. The van der Waals surface area contributed by atoms with Gasteiger partial charge in [0.05, 0.1) is 5.25 Å². The number of thioether (sulfide) groups is 1. The summed E-state index contributed by atoms with van der Waals surface area (Å²) in [4.78, 5) is 25.4. The maximum absolute atomic E-state index is 12.7. The van der Waals surface area contributed by atoms with Gasteiger partial charge in [0.15, 0.2) is 16.7 Å². The van der Waals surface area contributed by atoms with E-state index < -0.39 is 0 Å². The summed E-state index contributed by atoms with van der Waals surface area (Å²) in [5, 5.41) is 0.451. The Bertz CT molecular complexity index is 797. The number of fused-ring (bicyclic) bond motifs is 1. The normalized spacial score (nSPS) is 17.7. The van der Waals surface area contributed by atoms with Crippen molar-refractivity contribution in [2.75, 3.05) is 33.0 Å². The molecule has 8 heteroatoms. The zero-order valence-corrected chi connectivity index (χ0v) is 16.0. The summed E-state index contributed by atoms with van der Waals surface area (Å²) >= 11 is 1.41. The van der Waals surface area contributed by atoms with Crippen LogP contribution in [-0.2, 0) is 11.3 Å². The van der Waals surface area contributed by atoms with Gasteiger partial charge < -0.3 is 14.4 Å². The molecule has 2 aliphatic heterocycles. The molecular weight excluding hydrogens is 364 g/mol. The largest absolute Gasteiger partial charge is 0.454 e. The highest BCUT2D eigenvalue weighted by Gasteiger charge is 2.26. The number of hydrogen-bond donors (Lipinski definition) is 0. The van der Waals surface area contributed by atoms with Gasteiger partial charge in [-0.15, -0.1) is 0 Å². The Morgan fingerprint density at radius 2 is 1.89 bits per heavy atom. The second-order valence-corrected chi connectivity index (χ2v) is 7.89. The maximum Gasteiger partial charge on any atom is 0.235 e. The van der Waals surface area contributed by atoms with Crippen LogP contribution in [0.3, 0.4) is 0 Å². The van der Waals surface area contributed by atoms with Crippen LogP contribution in [0.2, 0.25) is 0 Å². The number of carbonyl (C=O) groups is 1. The summed E-state index contributed by atoms with van der Waals surface area (Å²) in [5.41, 5.74) is 1.20. The second-order valence-electron chi connectivity index (χ2n) is 6.58. The molecule has 0 saturated carbocycles. The first-order valence-corrected chi connectivity index (χ1v) is 9.90. The minimum Gasteiger partial charge on any atom is -0.454 e. The van der Waals surface area contributed by atoms with E-state index in [1.807, 2.05) is 24.0 Å². The molecule has 1 unspecified atom stereocenters. The van der Waals surface area contributed by atoms with E-state index in [1.165, 1.54) is 17.3 Å². The Hall–Kier alpha value is -2.32. The summed E-state index contributed by atoms with van der Waals surface area (Å²) in [7, 11) is 0. The SMILES string of the molecule is CC(Sc1ncccn1)C(=O)N1CCN(Cc2ccc3c(c2)OCO3)CC1. The van der Waals surface area contributed by atoms with Gasteiger partial charge in [-0.2, -0.15) is 0 Å². The molecule has 3 heterocycles. The van der Waals surface area contributed by atoms with Crippen LogP contribution in [0.1, 0.15) is 12.5 Å². The molecule has 0 aliphatic carbocycles. The molecule has 1 aromatic carbocycles. The zero-order valence-electron chi connectivity index (χ0n) is 15.2. The number of benzene rings is 1. The third-order valence-corrected chi connectivity index (χ3v) is 5.68. The number of nitrogens with zero attached hydrogens (tertiary/aromatic N) is 4. The van der Waals surface area contributed by atoms with E-state index in [1.54, 1.807) is 18.5 Å². The predicted octanol–water partition coefficient (Wildman–Crippen LogP) is 2.03. The Morgan fingerprint density at radius 3 is 2.67 bits per heavy atom. The van der Waals surface area contributed by atoms with Crippen LogP contribution in [0.4, 0.5) is 0 Å². The number of aromatic nitrogens is 2. The Balaban J connectivity index is 1.27. The smallest absolute Gasteiger partial charge is 0.235 e. The first-order valence-electron chi connectivity index (χ1n) is 9.02. The first kappa shape index (κ1) is 18.1. The third-order valence-electron chi connectivity index (χ3n) is 4.70. The van der Waals surface area contributed by atoms with Crippen molar-refractivity contribution in [3.63, 3.8) is 0 Å². The molecule has 7 nitrogen and oxygen atoms in total. The Labute approximate surface area is 162 Å². The lowest BCUT2D eigenvalue weighted by Gasteiger charge is -2.35. The van der Waals surface area contributed by atoms with Gasteiger partial charge in [-0.25, -0.2) is 9.97 Å². The van der Waals surface area contributed by atoms with E-state index in [4.69, 9.17) is 9.47 Å². The molecule has 2 aliphatic rings. The quantitative estimate of drug-likeness (QED) is 0.575. The van der Waals surface area contributed by atoms with Gasteiger partial charge in [0.2, 0.25) is 12.7 Å². The van der Waals surface area contributed by atoms with E-state index in [0.29, 0.717) is 11.9 Å². The topological polar surface area (TPSA) is 67.8 Å². The highest BCUT2D eigenvalue weighted by molar-refractivity contribution is 8.00. The van der Waals surface area contributed by atoms with Gasteiger partial charge in [-0.05, 0) is 30.7 Å². The van der Waals surface area contributed by atoms with E-state index in [0.717, 1.165) is 44.2 Å². The van der Waals surface area contributed by atoms with Crippen molar-refractivity contribution in [2.45, 2.75) is 23.9 Å². The fourth-order valence-electron chi connectivity index (χ4n) is 3.24. The van der Waals surface area contributed by atoms with Crippen LogP contribution in [0.5, 0.6) is 11.5 Å². The molecule has 1 saturated heterocycles. The molecule has 1 fully saturated rings. The average Bonchev–Trinajstić information content (AvgIpc) is 3.16. The highest BCUT2D eigenvalue weighted by Crippen LogP contribution is 2.32. The minimum atomic E-state index is -0.187. The van der Waals surface area contributed by atoms with Crippen LogP contribution >= 0.6 is 11.8 Å². The van der Waals surface area contributed by atoms with Crippen molar-refractivity contribution in [3.05, 3.63) is 42.2 Å². The summed E-state index contributed by atoms with van der Waals surface area (Å²) in [6.07, 6.45) is 3.39. The molecule has 0 bridgehead atoms. The van der Waals surface area contributed by atoms with Crippen LogP contribution in [0.25, 0.3) is 0 Å². The Kier molecular flexibility index (Phi) is 5.45. The molecule has 1 atom stereocenters. The van der Waals surface area contributed by atoms with Crippen LogP contribution in [0, 0.1) is 0 Å². The van der Waals surface area contributed by atoms with Gasteiger partial charge in [0.25, 0.3) is 0 Å². The molecule has 1 amide bonds. The number of hydrogen-bond acceptors (Lipinski definition) is 7. The molecular formula is C19H22N4O3S. The summed E-state index contributed by atoms with van der Waals surface area (Å²) in [6, 6.07) is 7.85. The average molecular weight is 386 g/mol. The third kappa shape index (κ3) is 4.33. The fraction of sp³-hybridized carbons (Fsp3) is 0.421. The number of carbonyl (C=O) groups excluding carboxylic acids is 1. The van der Waals surface area contributed by atoms with Crippen molar-refractivity contribution in [1.82, 2.24) is 19.8 Å². The minimum absolute atomic E-state index is 0.148. The van der Waals surface area contributed by atoms with E-state index in [9.17, 15) is 4.79 Å². The van der Waals surface area contributed by atoms with Crippen molar-refractivity contribution >= 4 is 17.7 Å². The summed E-state index contributed by atoms with van der Waals surface area (Å²) in [5.74, 6) is 1.77. The lowest BCUT2D eigenvalue weighted by atomic mass is 10.1. The molecule has 0 spiro atoms. The number of ether oxygens (including phenoxy) is 2. The van der Waals surface area contributed by atoms with Crippen LogP contribution < -0.4 is 9.47 Å². The zero-order chi connectivity index (χ0) is 18.6. The van der Waals surface area contributed by atoms with Gasteiger partial charge in [0.1, 0.15) is 0 Å². The summed E-state index contributed by atoms with van der Waals surface area (Å²) in [6.45, 7) is 6.26. The molecule has 142 valence electrons. The molecule has 1 aromatic heterocycles. The molecule has 0 N–H and O–H groups in total. The maximum atomic E-state index is 12.7. The van der Waals surface area contributed by atoms with Crippen LogP contribution in [0.15, 0.2) is 41.8 Å². The van der Waals surface area contributed by atoms with E-state index >= 15 is 0 Å². The molecule has 4 rings (SSSR count). The van der Waals surface area contributed by atoms with E-state index in [-0.39, 0.29) is 11.2 Å². The monoisotopic (exact) mass is 386 g/mol. The molecule has 0 radical (unpaired) electrons. The van der Waals surface area contributed by atoms with Crippen molar-refractivity contribution < 1.29 is 14.3 Å². The number of rotatable bonds is 5. The van der Waals surface area contributed by atoms with Gasteiger partial charge in [0, 0.05) is 45.1 Å². The molecule has 27 heavy (non-hydrogen) atoms. The van der Waals surface area contributed by atoms with E-state index in [2.05, 4.69) is 20.9 Å². The lowest BCUT2D eigenvalue weighted by Crippen LogP contribution is -2.50. The van der Waals surface area contributed by atoms with Gasteiger partial charge >= 0.3 is 0 Å². The fourth-order valence-corrected chi connectivity index (χ4v) is 4.05. The summed E-state index contributed by atoms with van der Waals surface area (Å²) < 4.78 is 10.8. The first-order chi connectivity index (χ1) is 13.2. The lowest BCUT2D eigenvalue weighted by molar-refractivity contribution is -0.132. The Morgan fingerprint density at radius 1 is 1.15 bits per heavy atom. The molecule has 2 aromatic rings. The highest BCUT2D eigenvalue weighted by atomic mass is 32.2.